The van der Waals surface area contributed by atoms with Gasteiger partial charge in [-0.3, -0.25) is 0 Å². The second-order valence-corrected chi connectivity index (χ2v) is 40.7. The van der Waals surface area contributed by atoms with Crippen molar-refractivity contribution in [2.24, 2.45) is 0 Å². The van der Waals surface area contributed by atoms with Crippen molar-refractivity contribution >= 4 is 148 Å². The third-order valence-corrected chi connectivity index (χ3v) is 31.6. The van der Waals surface area contributed by atoms with Crippen LogP contribution in [0.5, 0.6) is 0 Å². The molecule has 3 aromatic heterocycles. The number of nitrogens with zero attached hydrogens (tertiary/aromatic N) is 3. The van der Waals surface area contributed by atoms with Crippen LogP contribution in [0.25, 0.3) is 175 Å². The Morgan fingerprint density at radius 1 is 0.196 bits per heavy atom. The van der Waals surface area contributed by atoms with Gasteiger partial charge >= 0.3 is 0 Å². The molecule has 3 aliphatic rings. The zero-order valence-corrected chi connectivity index (χ0v) is 81.1. The Kier molecular flexibility index (Phi) is 20.8. The van der Waals surface area contributed by atoms with Gasteiger partial charge in [0, 0.05) is 126 Å². The van der Waals surface area contributed by atoms with Gasteiger partial charge in [0.05, 0.1) is 5.69 Å². The molecule has 0 unspecified atom stereocenters. The molecule has 0 amide bonds. The molecule has 0 aliphatic heterocycles. The summed E-state index contributed by atoms with van der Waals surface area (Å²) in [5.41, 5.74) is 41.7. The zero-order valence-electron chi connectivity index (χ0n) is 80.3. The molecular formula is C137H99N3O2S. The first-order valence-corrected chi connectivity index (χ1v) is 50.4. The van der Waals surface area contributed by atoms with Crippen molar-refractivity contribution in [3.63, 3.8) is 0 Å². The highest BCUT2D eigenvalue weighted by molar-refractivity contribution is 7.26. The van der Waals surface area contributed by atoms with Gasteiger partial charge in [-0.1, -0.05) is 406 Å². The minimum Gasteiger partial charge on any atom is -0.455 e. The summed E-state index contributed by atoms with van der Waals surface area (Å²) in [5.74, 6) is 0. The number of furan rings is 2. The summed E-state index contributed by atoms with van der Waals surface area (Å²) < 4.78 is 16.2. The van der Waals surface area contributed by atoms with E-state index in [1.54, 1.807) is 0 Å². The monoisotopic (exact) mass is 1850 g/mol. The Labute approximate surface area is 837 Å². The number of hydrogen-bond donors (Lipinski definition) is 0. The molecule has 143 heavy (non-hydrogen) atoms. The molecule has 0 fully saturated rings. The molecule has 22 aromatic carbocycles. The van der Waals surface area contributed by atoms with Crippen LogP contribution in [-0.4, -0.2) is 0 Å². The van der Waals surface area contributed by atoms with Crippen LogP contribution in [-0.2, 0) is 16.2 Å². The summed E-state index contributed by atoms with van der Waals surface area (Å²) in [6.07, 6.45) is 0. The predicted molar refractivity (Wildman–Crippen MR) is 606 cm³/mol. The van der Waals surface area contributed by atoms with E-state index in [2.05, 4.69) is 548 Å². The molecule has 0 saturated carbocycles. The molecule has 5 nitrogen and oxygen atoms in total. The van der Waals surface area contributed by atoms with Gasteiger partial charge in [0.1, 0.15) is 22.3 Å². The Bertz CT molecular complexity index is 9190. The Morgan fingerprint density at radius 2 is 0.580 bits per heavy atom. The lowest BCUT2D eigenvalue weighted by molar-refractivity contribution is 0.653. The van der Waals surface area contributed by atoms with E-state index < -0.39 is 0 Å². The van der Waals surface area contributed by atoms with Crippen molar-refractivity contribution in [3.8, 4) is 89.0 Å². The standard InChI is InChI=1S/C51H37NO.C43H31NO.C43H31NS/c1-51(2)45-21-10-9-19-43(45)49-46(51)32-31-44-48-42(20-12-22-47(48)53-50(44)49)38-17-11-18-41(33-38)52(39-27-23-36(24-28-39)34-13-5-3-6-14-34)40-29-25-37(26-30-40)35-15-7-4-8-16-35;1-43(2)37-18-9-8-15-35(37)40-38(43)25-26-39-41(40)36-17-10-16-34(42(36)45-39)29-20-22-32(23-21-29)44(31-13-4-3-5-14-31)33-24-19-28-11-6-7-12-30(28)27-33;1-43(2)37-17-9-8-16-35(37)41-38(43)25-24-34-36-27-30(21-26-40(36)45-42(34)41)28-19-22-32(23-20-28)44(31-13-4-3-5-14-31)39-18-10-12-29-11-6-7-15-33(29)39/h3-33H,1-2H3;2*3-27H,1-2H3. The van der Waals surface area contributed by atoms with Crippen LogP contribution in [0.2, 0.25) is 0 Å². The number of thiophene rings is 1. The maximum atomic E-state index is 6.81. The molecule has 0 atom stereocenters. The summed E-state index contributed by atoms with van der Waals surface area (Å²) >= 11 is 1.93. The second-order valence-electron chi connectivity index (χ2n) is 39.7. The summed E-state index contributed by atoms with van der Waals surface area (Å²) in [7, 11) is 0. The van der Waals surface area contributed by atoms with Crippen molar-refractivity contribution in [2.75, 3.05) is 14.7 Å². The van der Waals surface area contributed by atoms with Gasteiger partial charge in [-0.2, -0.15) is 0 Å². The first-order chi connectivity index (χ1) is 70.2. The van der Waals surface area contributed by atoms with Gasteiger partial charge < -0.3 is 23.5 Å². The van der Waals surface area contributed by atoms with E-state index >= 15 is 0 Å². The third kappa shape index (κ3) is 14.6. The molecule has 28 rings (SSSR count). The van der Waals surface area contributed by atoms with Crippen LogP contribution >= 0.6 is 11.3 Å². The van der Waals surface area contributed by atoms with Crippen LogP contribution < -0.4 is 14.7 Å². The van der Waals surface area contributed by atoms with E-state index in [0.29, 0.717) is 0 Å². The molecule has 0 N–H and O–H groups in total. The highest BCUT2D eigenvalue weighted by Gasteiger charge is 2.41. The van der Waals surface area contributed by atoms with E-state index in [4.69, 9.17) is 8.83 Å². The van der Waals surface area contributed by atoms with Gasteiger partial charge in [0.15, 0.2) is 0 Å². The van der Waals surface area contributed by atoms with Gasteiger partial charge in [-0.05, 0) is 249 Å². The lowest BCUT2D eigenvalue weighted by Gasteiger charge is -2.27. The Balaban J connectivity index is 0.000000110. The maximum Gasteiger partial charge on any atom is 0.143 e. The molecule has 3 heterocycles. The van der Waals surface area contributed by atoms with E-state index in [9.17, 15) is 0 Å². The van der Waals surface area contributed by atoms with Crippen LogP contribution in [0.15, 0.2) is 500 Å². The van der Waals surface area contributed by atoms with Crippen LogP contribution in [0.1, 0.15) is 74.9 Å². The normalized spacial score (nSPS) is 13.1. The fraction of sp³-hybridized carbons (Fsp3) is 0.0657. The number of benzene rings is 22. The highest BCUT2D eigenvalue weighted by Crippen LogP contribution is 2.59. The first-order valence-electron chi connectivity index (χ1n) is 49.6. The van der Waals surface area contributed by atoms with Crippen molar-refractivity contribution in [2.45, 2.75) is 57.8 Å². The second kappa shape index (κ2) is 34.6. The number of para-hydroxylation sites is 3. The first kappa shape index (κ1) is 86.0. The van der Waals surface area contributed by atoms with E-state index in [1.807, 2.05) is 11.3 Å². The number of fused-ring (bicyclic) bond motifs is 23. The highest BCUT2D eigenvalue weighted by atomic mass is 32.1. The van der Waals surface area contributed by atoms with Crippen molar-refractivity contribution in [1.29, 1.82) is 0 Å². The zero-order chi connectivity index (χ0) is 95.8. The fourth-order valence-electron chi connectivity index (χ4n) is 23.3. The Hall–Kier alpha value is -17.4. The number of rotatable bonds is 14. The molecule has 3 aliphatic carbocycles. The van der Waals surface area contributed by atoms with Crippen molar-refractivity contribution < 1.29 is 8.83 Å². The lowest BCUT2D eigenvalue weighted by Crippen LogP contribution is -2.14. The predicted octanol–water partition coefficient (Wildman–Crippen LogP) is 39.2. The van der Waals surface area contributed by atoms with E-state index in [-0.39, 0.29) is 16.2 Å². The summed E-state index contributed by atoms with van der Waals surface area (Å²) in [6.45, 7) is 14.0. The van der Waals surface area contributed by atoms with Crippen LogP contribution in [0, 0.1) is 0 Å². The van der Waals surface area contributed by atoms with Crippen LogP contribution in [0.4, 0.5) is 51.2 Å². The summed E-state index contributed by atoms with van der Waals surface area (Å²) in [4.78, 5) is 7.04. The average Bonchev–Trinajstić information content (AvgIpc) is 1.53. The Morgan fingerprint density at radius 3 is 1.20 bits per heavy atom. The topological polar surface area (TPSA) is 36.0 Å². The molecule has 0 spiro atoms. The van der Waals surface area contributed by atoms with Gasteiger partial charge in [0.2, 0.25) is 0 Å². The van der Waals surface area contributed by atoms with Crippen molar-refractivity contribution in [3.05, 3.63) is 525 Å². The number of hydrogen-bond acceptors (Lipinski definition) is 6. The largest absolute Gasteiger partial charge is 0.455 e. The lowest BCUT2D eigenvalue weighted by atomic mass is 9.82. The van der Waals surface area contributed by atoms with Crippen LogP contribution in [0.3, 0.4) is 0 Å². The summed E-state index contributed by atoms with van der Waals surface area (Å²) in [5, 5.41) is 12.3. The van der Waals surface area contributed by atoms with Gasteiger partial charge in [0.25, 0.3) is 0 Å². The molecule has 680 valence electrons. The van der Waals surface area contributed by atoms with E-state index in [1.165, 1.54) is 153 Å². The molecule has 25 aromatic rings. The summed E-state index contributed by atoms with van der Waals surface area (Å²) in [6, 6.07) is 178. The molecule has 0 radical (unpaired) electrons. The maximum absolute atomic E-state index is 6.81. The SMILES string of the molecule is CC1(C)c2ccccc2-c2c1ccc1c2oc2cccc(-c3cccc(N(c4ccc(-c5ccccc5)cc4)c4ccc(-c5ccccc5)cc4)c3)c21.CC1(C)c2ccccc2-c2c1ccc1c2sc2ccc(-c3ccc(N(c4ccccc4)c4cccc5ccccc45)cc3)cc21.CC1(C)c2ccccc2-c2c1ccc1oc3c(-c4ccc(N(c5ccccc5)c5ccc6ccccc6c5)cc4)cccc3c21. The molecule has 6 heteroatoms. The molecular weight excluding hydrogens is 1750 g/mol. The molecule has 0 saturated heterocycles. The smallest absolute Gasteiger partial charge is 0.143 e. The number of anilines is 9. The quantitative estimate of drug-likeness (QED) is 0.108. The average molecular weight is 1850 g/mol. The van der Waals surface area contributed by atoms with Gasteiger partial charge in [-0.15, -0.1) is 11.3 Å². The fourth-order valence-corrected chi connectivity index (χ4v) is 24.5. The minimum absolute atomic E-state index is 0.0167. The van der Waals surface area contributed by atoms with E-state index in [0.717, 1.165) is 106 Å². The molecule has 0 bridgehead atoms. The van der Waals surface area contributed by atoms with Gasteiger partial charge in [-0.25, -0.2) is 0 Å². The minimum atomic E-state index is -0.0850. The third-order valence-electron chi connectivity index (χ3n) is 30.4. The van der Waals surface area contributed by atoms with Crippen molar-refractivity contribution in [1.82, 2.24) is 0 Å².